The fraction of sp³-hybridized carbons (Fsp3) is 0.500. The van der Waals surface area contributed by atoms with Gasteiger partial charge in [0.05, 0.1) is 44.3 Å². The van der Waals surface area contributed by atoms with E-state index in [1.54, 1.807) is 11.5 Å². The molecule has 3 rings (SSSR count). The maximum atomic E-state index is 12.7. The largest absolute Gasteiger partial charge is 0.494 e. The van der Waals surface area contributed by atoms with Crippen LogP contribution in [0.3, 0.4) is 0 Å². The third-order valence-electron chi connectivity index (χ3n) is 4.74. The molecule has 0 fully saturated rings. The number of halogens is 6. The van der Waals surface area contributed by atoms with Gasteiger partial charge in [0.25, 0.3) is 0 Å². The van der Waals surface area contributed by atoms with Crippen LogP contribution in [-0.2, 0) is 11.3 Å². The van der Waals surface area contributed by atoms with Crippen LogP contribution in [0.2, 0.25) is 0 Å². The number of alkyl halides is 6. The first kappa shape index (κ1) is 29.2. The zero-order valence-electron chi connectivity index (χ0n) is 20.0. The van der Waals surface area contributed by atoms with Crippen molar-refractivity contribution in [1.29, 1.82) is 0 Å². The van der Waals surface area contributed by atoms with Gasteiger partial charge in [0.2, 0.25) is 5.95 Å². The van der Waals surface area contributed by atoms with Gasteiger partial charge in [0, 0.05) is 4.90 Å². The third-order valence-corrected chi connectivity index (χ3v) is 7.84. The van der Waals surface area contributed by atoms with Gasteiger partial charge >= 0.3 is 12.4 Å². The fourth-order valence-electron chi connectivity index (χ4n) is 3.31. The van der Waals surface area contributed by atoms with E-state index in [0.717, 1.165) is 11.3 Å². The van der Waals surface area contributed by atoms with E-state index in [-0.39, 0.29) is 12.5 Å². The highest BCUT2D eigenvalue weighted by molar-refractivity contribution is 7.99. The number of benzene rings is 1. The van der Waals surface area contributed by atoms with Gasteiger partial charge < -0.3 is 19.8 Å². The molecule has 7 nitrogen and oxygen atoms in total. The summed E-state index contributed by atoms with van der Waals surface area (Å²) in [4.78, 5) is 13.7. The molecule has 0 bridgehead atoms. The van der Waals surface area contributed by atoms with Crippen LogP contribution in [-0.4, -0.2) is 63.3 Å². The van der Waals surface area contributed by atoms with E-state index in [1.807, 2.05) is 31.2 Å². The molecule has 3 aromatic rings. The number of anilines is 1. The minimum absolute atomic E-state index is 0.0115. The summed E-state index contributed by atoms with van der Waals surface area (Å²) in [6.45, 7) is 4.24. The van der Waals surface area contributed by atoms with Gasteiger partial charge in [-0.3, -0.25) is 0 Å². The normalized spacial score (nSPS) is 13.4. The van der Waals surface area contributed by atoms with Gasteiger partial charge in [0.1, 0.15) is 16.3 Å². The predicted molar refractivity (Wildman–Crippen MR) is 130 cm³/mol. The summed E-state index contributed by atoms with van der Waals surface area (Å²) in [5.41, 5.74) is 6.72. The highest BCUT2D eigenvalue weighted by Crippen LogP contribution is 2.46. The molecule has 15 heteroatoms. The van der Waals surface area contributed by atoms with Crippen molar-refractivity contribution in [3.8, 4) is 5.75 Å². The van der Waals surface area contributed by atoms with Crippen molar-refractivity contribution >= 4 is 36.8 Å². The van der Waals surface area contributed by atoms with Crippen molar-refractivity contribution < 1.29 is 35.8 Å². The van der Waals surface area contributed by atoms with Crippen LogP contribution < -0.4 is 10.5 Å². The van der Waals surface area contributed by atoms with Crippen molar-refractivity contribution in [3.05, 3.63) is 30.6 Å². The van der Waals surface area contributed by atoms with E-state index in [0.29, 0.717) is 28.5 Å². The first-order valence-corrected chi connectivity index (χ1v) is 13.9. The zero-order chi connectivity index (χ0) is 27.2. The maximum Gasteiger partial charge on any atom is 0.392 e. The SMILES string of the molecule is CCCOc1cccc(Sc2nc(N)nc3c2ncn3CC(C)OCP(CC(F)(F)F)CC(F)(F)F)c1. The minimum atomic E-state index is -4.70. The number of imidazole rings is 1. The molecule has 0 amide bonds. The van der Waals surface area contributed by atoms with Crippen molar-refractivity contribution in [3.63, 3.8) is 0 Å². The molecular formula is C22H26F6N5O2PS. The van der Waals surface area contributed by atoms with Crippen LogP contribution in [0.25, 0.3) is 11.2 Å². The molecule has 0 aliphatic heterocycles. The number of nitrogens with zero attached hydrogens (tertiary/aromatic N) is 4. The Balaban J connectivity index is 1.72. The lowest BCUT2D eigenvalue weighted by molar-refractivity contribution is -0.112. The number of aromatic nitrogens is 4. The summed E-state index contributed by atoms with van der Waals surface area (Å²) in [6.07, 6.45) is -11.4. The zero-order valence-corrected chi connectivity index (χ0v) is 21.7. The smallest absolute Gasteiger partial charge is 0.392 e. The third kappa shape index (κ3) is 9.50. The van der Waals surface area contributed by atoms with Crippen LogP contribution >= 0.6 is 19.7 Å². The molecule has 2 aromatic heterocycles. The first-order valence-electron chi connectivity index (χ1n) is 11.2. The molecule has 0 saturated heterocycles. The Morgan fingerprint density at radius 1 is 1.11 bits per heavy atom. The quantitative estimate of drug-likeness (QED) is 0.155. The van der Waals surface area contributed by atoms with Crippen molar-refractivity contribution in [1.82, 2.24) is 19.5 Å². The number of rotatable bonds is 12. The summed E-state index contributed by atoms with van der Waals surface area (Å²) >= 11 is 1.31. The second-order valence-electron chi connectivity index (χ2n) is 8.21. The van der Waals surface area contributed by atoms with E-state index < -0.39 is 45.0 Å². The van der Waals surface area contributed by atoms with E-state index >= 15 is 0 Å². The summed E-state index contributed by atoms with van der Waals surface area (Å²) < 4.78 is 89.1. The van der Waals surface area contributed by atoms with Gasteiger partial charge in [-0.25, -0.2) is 9.97 Å². The van der Waals surface area contributed by atoms with E-state index in [4.69, 9.17) is 15.2 Å². The van der Waals surface area contributed by atoms with Gasteiger partial charge in [-0.1, -0.05) is 32.7 Å². The summed E-state index contributed by atoms with van der Waals surface area (Å²) in [6, 6.07) is 7.42. The topological polar surface area (TPSA) is 88.1 Å². The molecule has 0 spiro atoms. The standard InChI is InChI=1S/C22H26F6N5O2PS/c1-3-7-34-15-5-4-6-16(8-15)37-19-17-18(31-20(29)32-19)33(12-30-17)9-14(2)35-13-36(10-21(23,24)25)11-22(26,27)28/h4-6,8,12,14H,3,7,9-11,13H2,1-2H3,(H2,29,31,32). The van der Waals surface area contributed by atoms with Crippen LogP contribution in [0.1, 0.15) is 20.3 Å². The van der Waals surface area contributed by atoms with Gasteiger partial charge in [0.15, 0.2) is 5.65 Å². The second-order valence-corrected chi connectivity index (χ2v) is 11.5. The highest BCUT2D eigenvalue weighted by Gasteiger charge is 2.38. The number of nitrogens with two attached hydrogens (primary N) is 1. The van der Waals surface area contributed by atoms with E-state index in [1.165, 1.54) is 18.1 Å². The highest BCUT2D eigenvalue weighted by atomic mass is 32.2. The Morgan fingerprint density at radius 3 is 2.46 bits per heavy atom. The summed E-state index contributed by atoms with van der Waals surface area (Å²) in [5, 5.41) is 0.487. The molecule has 2 N–H and O–H groups in total. The predicted octanol–water partition coefficient (Wildman–Crippen LogP) is 6.32. The fourth-order valence-corrected chi connectivity index (χ4v) is 6.01. The van der Waals surface area contributed by atoms with E-state index in [9.17, 15) is 26.3 Å². The number of ether oxygens (including phenoxy) is 2. The minimum Gasteiger partial charge on any atom is -0.494 e. The maximum absolute atomic E-state index is 12.7. The molecule has 204 valence electrons. The molecule has 0 aliphatic rings. The van der Waals surface area contributed by atoms with Crippen molar-refractivity contribution in [2.45, 2.75) is 55.2 Å². The summed E-state index contributed by atoms with van der Waals surface area (Å²) in [7, 11) is -2.47. The van der Waals surface area contributed by atoms with Crippen LogP contribution in [0.15, 0.2) is 40.5 Å². The molecule has 1 atom stereocenters. The van der Waals surface area contributed by atoms with Gasteiger partial charge in [-0.05, 0) is 31.5 Å². The lowest BCUT2D eigenvalue weighted by atomic mass is 10.3. The lowest BCUT2D eigenvalue weighted by Gasteiger charge is -2.23. The summed E-state index contributed by atoms with van der Waals surface area (Å²) in [5.74, 6) is 0.695. The van der Waals surface area contributed by atoms with Crippen molar-refractivity contribution in [2.75, 3.05) is 31.0 Å². The molecule has 1 aromatic carbocycles. The van der Waals surface area contributed by atoms with Gasteiger partial charge in [-0.15, -0.1) is 0 Å². The van der Waals surface area contributed by atoms with Crippen molar-refractivity contribution in [2.24, 2.45) is 0 Å². The monoisotopic (exact) mass is 569 g/mol. The Hall–Kier alpha value is -2.31. The number of nitrogen functional groups attached to an aromatic ring is 1. The average molecular weight is 570 g/mol. The number of hydrogen-bond donors (Lipinski definition) is 1. The Morgan fingerprint density at radius 2 is 1.81 bits per heavy atom. The molecular weight excluding hydrogens is 543 g/mol. The Kier molecular flexibility index (Phi) is 9.87. The lowest BCUT2D eigenvalue weighted by Crippen LogP contribution is -2.24. The van der Waals surface area contributed by atoms with Crippen LogP contribution in [0.5, 0.6) is 5.75 Å². The average Bonchev–Trinajstić information content (AvgIpc) is 3.17. The molecule has 0 aliphatic carbocycles. The van der Waals surface area contributed by atoms with Crippen LogP contribution in [0, 0.1) is 0 Å². The van der Waals surface area contributed by atoms with Gasteiger partial charge in [-0.2, -0.15) is 31.3 Å². The number of fused-ring (bicyclic) bond motifs is 1. The Bertz CT molecular complexity index is 1160. The molecule has 0 saturated carbocycles. The van der Waals surface area contributed by atoms with E-state index in [2.05, 4.69) is 15.0 Å². The number of hydrogen-bond acceptors (Lipinski definition) is 7. The first-order chi connectivity index (χ1) is 17.3. The van der Waals surface area contributed by atoms with Crippen LogP contribution in [0.4, 0.5) is 32.3 Å². The Labute approximate surface area is 214 Å². The molecule has 37 heavy (non-hydrogen) atoms. The molecule has 1 unspecified atom stereocenters. The molecule has 0 radical (unpaired) electrons. The molecule has 2 heterocycles. The second kappa shape index (κ2) is 12.5.